The van der Waals surface area contributed by atoms with Crippen molar-refractivity contribution in [2.75, 3.05) is 0 Å². The standard InChI is InChI=1S/C27H39NO2/c1-4-6-8-9-10-12-14-23-15-20-26(28-21-23)24-16-18-25(19-17-24)30-27(29)22(3)13-11-7-5-2/h15-22H,4-14H2,1-3H3/t22-/m0/s1. The third kappa shape index (κ3) is 8.69. The molecule has 1 heterocycles. The number of aryl methyl sites for hydroxylation is 1. The van der Waals surface area contributed by atoms with Gasteiger partial charge in [0.2, 0.25) is 0 Å². The zero-order valence-corrected chi connectivity index (χ0v) is 19.2. The van der Waals surface area contributed by atoms with Gasteiger partial charge >= 0.3 is 5.97 Å². The lowest BCUT2D eigenvalue weighted by Crippen LogP contribution is -2.17. The van der Waals surface area contributed by atoms with Gasteiger partial charge in [-0.05, 0) is 55.2 Å². The Hall–Kier alpha value is -2.16. The van der Waals surface area contributed by atoms with Gasteiger partial charge in [-0.15, -0.1) is 0 Å². The molecule has 0 bridgehead atoms. The molecule has 0 fully saturated rings. The fourth-order valence-corrected chi connectivity index (χ4v) is 3.58. The Morgan fingerprint density at radius 1 is 0.867 bits per heavy atom. The number of esters is 1. The summed E-state index contributed by atoms with van der Waals surface area (Å²) in [6, 6.07) is 11.9. The number of carbonyl (C=O) groups excluding carboxylic acids is 1. The van der Waals surface area contributed by atoms with E-state index in [1.807, 2.05) is 37.4 Å². The van der Waals surface area contributed by atoms with Crippen molar-refractivity contribution < 1.29 is 9.53 Å². The third-order valence-corrected chi connectivity index (χ3v) is 5.66. The van der Waals surface area contributed by atoms with Crippen LogP contribution in [0.1, 0.15) is 90.5 Å². The van der Waals surface area contributed by atoms with Crippen LogP contribution in [0, 0.1) is 5.92 Å². The predicted molar refractivity (Wildman–Crippen MR) is 126 cm³/mol. The van der Waals surface area contributed by atoms with E-state index in [2.05, 4.69) is 31.0 Å². The molecule has 3 nitrogen and oxygen atoms in total. The molecule has 164 valence electrons. The number of benzene rings is 1. The molecule has 2 aromatic rings. The fourth-order valence-electron chi connectivity index (χ4n) is 3.58. The van der Waals surface area contributed by atoms with Gasteiger partial charge < -0.3 is 4.74 Å². The van der Waals surface area contributed by atoms with E-state index in [1.165, 1.54) is 44.1 Å². The van der Waals surface area contributed by atoms with Gasteiger partial charge in [-0.25, -0.2) is 0 Å². The predicted octanol–water partition coefficient (Wildman–Crippen LogP) is 7.77. The lowest BCUT2D eigenvalue weighted by atomic mass is 10.0. The van der Waals surface area contributed by atoms with Crippen LogP contribution in [0.25, 0.3) is 11.3 Å². The molecule has 0 radical (unpaired) electrons. The monoisotopic (exact) mass is 409 g/mol. The summed E-state index contributed by atoms with van der Waals surface area (Å²) in [6.45, 7) is 6.37. The fraction of sp³-hybridized carbons (Fsp3) is 0.556. The van der Waals surface area contributed by atoms with Gasteiger partial charge in [0.15, 0.2) is 0 Å². The highest BCUT2D eigenvalue weighted by Gasteiger charge is 2.15. The summed E-state index contributed by atoms with van der Waals surface area (Å²) >= 11 is 0. The SMILES string of the molecule is CCCCCCCCc1ccc(-c2ccc(OC(=O)[C@@H](C)CCCCC)cc2)nc1. The van der Waals surface area contributed by atoms with E-state index in [1.54, 1.807) is 0 Å². The van der Waals surface area contributed by atoms with Crippen LogP contribution in [0.2, 0.25) is 0 Å². The quantitative estimate of drug-likeness (QED) is 0.182. The van der Waals surface area contributed by atoms with Crippen molar-refractivity contribution in [2.24, 2.45) is 5.92 Å². The molecule has 0 saturated heterocycles. The molecule has 1 atom stereocenters. The summed E-state index contributed by atoms with van der Waals surface area (Å²) < 4.78 is 5.54. The van der Waals surface area contributed by atoms with Crippen LogP contribution in [0.3, 0.4) is 0 Å². The van der Waals surface area contributed by atoms with Crippen molar-refractivity contribution in [1.29, 1.82) is 0 Å². The first-order chi connectivity index (χ1) is 14.6. The lowest BCUT2D eigenvalue weighted by Gasteiger charge is -2.11. The molecule has 0 aliphatic carbocycles. The third-order valence-electron chi connectivity index (χ3n) is 5.66. The maximum absolute atomic E-state index is 12.2. The Labute approximate surface area is 183 Å². The molecule has 0 aliphatic heterocycles. The highest BCUT2D eigenvalue weighted by Crippen LogP contribution is 2.22. The Morgan fingerprint density at radius 2 is 1.53 bits per heavy atom. The van der Waals surface area contributed by atoms with E-state index < -0.39 is 0 Å². The molecule has 0 amide bonds. The van der Waals surface area contributed by atoms with Crippen molar-refractivity contribution in [2.45, 2.75) is 91.4 Å². The maximum Gasteiger partial charge on any atom is 0.314 e. The van der Waals surface area contributed by atoms with Gasteiger partial charge in [0, 0.05) is 11.8 Å². The summed E-state index contributed by atoms with van der Waals surface area (Å²) in [7, 11) is 0. The molecule has 0 aliphatic rings. The molecule has 2 rings (SSSR count). The first-order valence-corrected chi connectivity index (χ1v) is 11.9. The van der Waals surface area contributed by atoms with Crippen LogP contribution < -0.4 is 4.74 Å². The maximum atomic E-state index is 12.2. The van der Waals surface area contributed by atoms with Crippen LogP contribution in [-0.2, 0) is 11.2 Å². The van der Waals surface area contributed by atoms with Crippen molar-refractivity contribution in [3.8, 4) is 17.0 Å². The number of nitrogens with zero attached hydrogens (tertiary/aromatic N) is 1. The summed E-state index contributed by atoms with van der Waals surface area (Å²) in [6.07, 6.45) is 15.3. The zero-order valence-electron chi connectivity index (χ0n) is 19.2. The molecule has 0 unspecified atom stereocenters. The van der Waals surface area contributed by atoms with Crippen LogP contribution in [-0.4, -0.2) is 11.0 Å². The highest BCUT2D eigenvalue weighted by atomic mass is 16.5. The first kappa shape index (κ1) is 24.1. The van der Waals surface area contributed by atoms with Gasteiger partial charge in [-0.2, -0.15) is 0 Å². The molecule has 0 N–H and O–H groups in total. The van der Waals surface area contributed by atoms with E-state index >= 15 is 0 Å². The highest BCUT2D eigenvalue weighted by molar-refractivity contribution is 5.75. The molecule has 0 saturated carbocycles. The normalized spacial score (nSPS) is 12.0. The molecule has 1 aromatic carbocycles. The minimum atomic E-state index is -0.143. The van der Waals surface area contributed by atoms with Gasteiger partial charge in [0.1, 0.15) is 5.75 Å². The second kappa shape index (κ2) is 14.0. The number of ether oxygens (including phenoxy) is 1. The second-order valence-electron chi connectivity index (χ2n) is 8.41. The van der Waals surface area contributed by atoms with Gasteiger partial charge in [0.25, 0.3) is 0 Å². The van der Waals surface area contributed by atoms with Gasteiger partial charge in [-0.3, -0.25) is 9.78 Å². The van der Waals surface area contributed by atoms with Crippen LogP contribution in [0.4, 0.5) is 0 Å². The summed E-state index contributed by atoms with van der Waals surface area (Å²) in [4.78, 5) is 16.9. The molecule has 0 spiro atoms. The minimum absolute atomic E-state index is 0.0583. The van der Waals surface area contributed by atoms with Crippen molar-refractivity contribution in [3.05, 3.63) is 48.2 Å². The largest absolute Gasteiger partial charge is 0.426 e. The van der Waals surface area contributed by atoms with Crippen LogP contribution >= 0.6 is 0 Å². The second-order valence-corrected chi connectivity index (χ2v) is 8.41. The van der Waals surface area contributed by atoms with Crippen molar-refractivity contribution >= 4 is 5.97 Å². The average Bonchev–Trinajstić information content (AvgIpc) is 2.77. The number of rotatable bonds is 14. The number of unbranched alkanes of at least 4 members (excludes halogenated alkanes) is 7. The van der Waals surface area contributed by atoms with Crippen molar-refractivity contribution in [3.63, 3.8) is 0 Å². The Kier molecular flexibility index (Phi) is 11.2. The van der Waals surface area contributed by atoms with E-state index in [4.69, 9.17) is 4.74 Å². The Bertz CT molecular complexity index is 722. The summed E-state index contributed by atoms with van der Waals surface area (Å²) in [5, 5.41) is 0. The van der Waals surface area contributed by atoms with Crippen LogP contribution in [0.15, 0.2) is 42.6 Å². The number of pyridine rings is 1. The lowest BCUT2D eigenvalue weighted by molar-refractivity contribution is -0.138. The van der Waals surface area contributed by atoms with E-state index in [9.17, 15) is 4.79 Å². The van der Waals surface area contributed by atoms with Crippen LogP contribution in [0.5, 0.6) is 5.75 Å². The number of hydrogen-bond donors (Lipinski definition) is 0. The smallest absolute Gasteiger partial charge is 0.314 e. The van der Waals surface area contributed by atoms with Gasteiger partial charge in [-0.1, -0.05) is 78.2 Å². The number of hydrogen-bond acceptors (Lipinski definition) is 3. The summed E-state index contributed by atoms with van der Waals surface area (Å²) in [5.74, 6) is 0.402. The Morgan fingerprint density at radius 3 is 2.20 bits per heavy atom. The zero-order chi connectivity index (χ0) is 21.6. The first-order valence-electron chi connectivity index (χ1n) is 11.9. The number of aromatic nitrogens is 1. The van der Waals surface area contributed by atoms with E-state index in [0.717, 1.165) is 43.4 Å². The van der Waals surface area contributed by atoms with Crippen molar-refractivity contribution in [1.82, 2.24) is 4.98 Å². The van der Waals surface area contributed by atoms with Gasteiger partial charge in [0.05, 0.1) is 11.6 Å². The molecule has 1 aromatic heterocycles. The van der Waals surface area contributed by atoms with E-state index in [0.29, 0.717) is 5.75 Å². The molecular formula is C27H39NO2. The topological polar surface area (TPSA) is 39.2 Å². The molecule has 30 heavy (non-hydrogen) atoms. The average molecular weight is 410 g/mol. The molecule has 3 heteroatoms. The minimum Gasteiger partial charge on any atom is -0.426 e. The summed E-state index contributed by atoms with van der Waals surface area (Å²) in [5.41, 5.74) is 3.29. The Balaban J connectivity index is 1.80. The number of carbonyl (C=O) groups is 1. The van der Waals surface area contributed by atoms with E-state index in [-0.39, 0.29) is 11.9 Å². The molecular weight excluding hydrogens is 370 g/mol.